The van der Waals surface area contributed by atoms with Gasteiger partial charge in [0.15, 0.2) is 0 Å². The SMILES string of the molecule is Cc1nn(Cc2ccc(C(F)(F)F)cc2)c(C)c1C. The van der Waals surface area contributed by atoms with Crippen molar-refractivity contribution in [3.05, 3.63) is 52.3 Å². The van der Waals surface area contributed by atoms with Crippen molar-refractivity contribution in [2.75, 3.05) is 0 Å². The summed E-state index contributed by atoms with van der Waals surface area (Å²) in [7, 11) is 0. The molecule has 0 atom stereocenters. The van der Waals surface area contributed by atoms with Crippen molar-refractivity contribution in [3.8, 4) is 0 Å². The molecule has 0 saturated heterocycles. The molecule has 2 nitrogen and oxygen atoms in total. The number of hydrogen-bond acceptors (Lipinski definition) is 1. The van der Waals surface area contributed by atoms with Gasteiger partial charge in [0.1, 0.15) is 0 Å². The minimum Gasteiger partial charge on any atom is -0.265 e. The first-order valence-corrected chi connectivity index (χ1v) is 5.96. The quantitative estimate of drug-likeness (QED) is 0.808. The zero-order chi connectivity index (χ0) is 14.2. The molecular weight excluding hydrogens is 253 g/mol. The fourth-order valence-corrected chi connectivity index (χ4v) is 1.91. The van der Waals surface area contributed by atoms with Gasteiger partial charge in [-0.2, -0.15) is 18.3 Å². The van der Waals surface area contributed by atoms with E-state index < -0.39 is 11.7 Å². The largest absolute Gasteiger partial charge is 0.416 e. The Bertz CT molecular complexity index is 580. The lowest BCUT2D eigenvalue weighted by Crippen LogP contribution is -2.07. The lowest BCUT2D eigenvalue weighted by molar-refractivity contribution is -0.137. The second-order valence-electron chi connectivity index (χ2n) is 4.65. The number of rotatable bonds is 2. The Hall–Kier alpha value is -1.78. The molecule has 19 heavy (non-hydrogen) atoms. The first kappa shape index (κ1) is 13.6. The molecule has 0 saturated carbocycles. The highest BCUT2D eigenvalue weighted by molar-refractivity contribution is 5.27. The van der Waals surface area contributed by atoms with Crippen LogP contribution < -0.4 is 0 Å². The van der Waals surface area contributed by atoms with Crippen molar-refractivity contribution in [2.24, 2.45) is 0 Å². The number of alkyl halides is 3. The molecule has 0 radical (unpaired) electrons. The molecule has 1 heterocycles. The van der Waals surface area contributed by atoms with E-state index in [1.54, 1.807) is 0 Å². The van der Waals surface area contributed by atoms with E-state index in [9.17, 15) is 13.2 Å². The molecule has 0 amide bonds. The molecule has 0 fully saturated rings. The number of aromatic nitrogens is 2. The maximum absolute atomic E-state index is 12.4. The van der Waals surface area contributed by atoms with E-state index in [2.05, 4.69) is 5.10 Å². The number of hydrogen-bond donors (Lipinski definition) is 0. The molecule has 5 heteroatoms. The highest BCUT2D eigenvalue weighted by Crippen LogP contribution is 2.29. The average Bonchev–Trinajstić information content (AvgIpc) is 2.57. The van der Waals surface area contributed by atoms with E-state index in [4.69, 9.17) is 0 Å². The zero-order valence-corrected chi connectivity index (χ0v) is 11.0. The number of aryl methyl sites for hydroxylation is 1. The van der Waals surface area contributed by atoms with Crippen LogP contribution >= 0.6 is 0 Å². The molecule has 0 aliphatic carbocycles. The maximum Gasteiger partial charge on any atom is 0.416 e. The molecule has 1 aromatic heterocycles. The maximum atomic E-state index is 12.4. The summed E-state index contributed by atoms with van der Waals surface area (Å²) in [5.41, 5.74) is 3.29. The molecule has 2 aromatic rings. The van der Waals surface area contributed by atoms with Crippen LogP contribution in [0.4, 0.5) is 13.2 Å². The van der Waals surface area contributed by atoms with Crippen LogP contribution in [0.1, 0.15) is 28.1 Å². The normalized spacial score (nSPS) is 11.9. The van der Waals surface area contributed by atoms with Crippen molar-refractivity contribution >= 4 is 0 Å². The van der Waals surface area contributed by atoms with Gasteiger partial charge in [-0.1, -0.05) is 12.1 Å². The zero-order valence-electron chi connectivity index (χ0n) is 11.0. The number of halogens is 3. The van der Waals surface area contributed by atoms with Gasteiger partial charge in [0.05, 0.1) is 17.8 Å². The molecule has 0 bridgehead atoms. The number of benzene rings is 1. The highest BCUT2D eigenvalue weighted by Gasteiger charge is 2.29. The van der Waals surface area contributed by atoms with Gasteiger partial charge in [0, 0.05) is 5.69 Å². The summed E-state index contributed by atoms with van der Waals surface area (Å²) in [5, 5.41) is 4.37. The van der Waals surface area contributed by atoms with E-state index in [-0.39, 0.29) is 0 Å². The average molecular weight is 268 g/mol. The highest BCUT2D eigenvalue weighted by atomic mass is 19.4. The minimum atomic E-state index is -4.28. The Morgan fingerprint density at radius 1 is 1.05 bits per heavy atom. The van der Waals surface area contributed by atoms with E-state index in [0.717, 1.165) is 34.6 Å². The third kappa shape index (κ3) is 2.80. The molecule has 0 spiro atoms. The van der Waals surface area contributed by atoms with Crippen LogP contribution in [0.25, 0.3) is 0 Å². The predicted octanol–water partition coefficient (Wildman–Crippen LogP) is 3.88. The first-order valence-electron chi connectivity index (χ1n) is 5.96. The Balaban J connectivity index is 2.22. The van der Waals surface area contributed by atoms with Crippen LogP contribution in [-0.4, -0.2) is 9.78 Å². The fourth-order valence-electron chi connectivity index (χ4n) is 1.91. The van der Waals surface area contributed by atoms with Crippen LogP contribution in [0.15, 0.2) is 24.3 Å². The predicted molar refractivity (Wildman–Crippen MR) is 67.0 cm³/mol. The van der Waals surface area contributed by atoms with Crippen LogP contribution in [0.2, 0.25) is 0 Å². The van der Waals surface area contributed by atoms with E-state index >= 15 is 0 Å². The van der Waals surface area contributed by atoms with Crippen LogP contribution in [0.3, 0.4) is 0 Å². The second-order valence-corrected chi connectivity index (χ2v) is 4.65. The monoisotopic (exact) mass is 268 g/mol. The second kappa shape index (κ2) is 4.72. The topological polar surface area (TPSA) is 17.8 Å². The van der Waals surface area contributed by atoms with Gasteiger partial charge in [-0.05, 0) is 44.0 Å². The molecule has 0 aliphatic heterocycles. The Labute approximate surface area is 109 Å². The van der Waals surface area contributed by atoms with Crippen molar-refractivity contribution < 1.29 is 13.2 Å². The van der Waals surface area contributed by atoms with Gasteiger partial charge >= 0.3 is 6.18 Å². The van der Waals surface area contributed by atoms with Gasteiger partial charge in [-0.3, -0.25) is 4.68 Å². The Morgan fingerprint density at radius 3 is 2.05 bits per heavy atom. The molecule has 0 N–H and O–H groups in total. The van der Waals surface area contributed by atoms with E-state index in [0.29, 0.717) is 6.54 Å². The van der Waals surface area contributed by atoms with Crippen LogP contribution in [-0.2, 0) is 12.7 Å². The molecule has 102 valence electrons. The lowest BCUT2D eigenvalue weighted by atomic mass is 10.1. The third-order valence-corrected chi connectivity index (χ3v) is 3.36. The van der Waals surface area contributed by atoms with Crippen LogP contribution in [0.5, 0.6) is 0 Å². The summed E-state index contributed by atoms with van der Waals surface area (Å²) < 4.78 is 39.2. The first-order chi connectivity index (χ1) is 8.79. The van der Waals surface area contributed by atoms with Crippen molar-refractivity contribution in [2.45, 2.75) is 33.5 Å². The minimum absolute atomic E-state index is 0.485. The van der Waals surface area contributed by atoms with E-state index in [1.165, 1.54) is 12.1 Å². The fraction of sp³-hybridized carbons (Fsp3) is 0.357. The summed E-state index contributed by atoms with van der Waals surface area (Å²) >= 11 is 0. The van der Waals surface area contributed by atoms with Crippen molar-refractivity contribution in [3.63, 3.8) is 0 Å². The summed E-state index contributed by atoms with van der Waals surface area (Å²) in [6.07, 6.45) is -4.28. The smallest absolute Gasteiger partial charge is 0.265 e. The molecule has 1 aromatic carbocycles. The third-order valence-electron chi connectivity index (χ3n) is 3.36. The van der Waals surface area contributed by atoms with Crippen molar-refractivity contribution in [1.29, 1.82) is 0 Å². The van der Waals surface area contributed by atoms with Gasteiger partial charge in [0.25, 0.3) is 0 Å². The summed E-state index contributed by atoms with van der Waals surface area (Å²) in [5.74, 6) is 0. The summed E-state index contributed by atoms with van der Waals surface area (Å²) in [6.45, 7) is 6.35. The summed E-state index contributed by atoms with van der Waals surface area (Å²) in [4.78, 5) is 0. The molecular formula is C14H15F3N2. The lowest BCUT2D eigenvalue weighted by Gasteiger charge is -2.08. The number of nitrogens with zero attached hydrogens (tertiary/aromatic N) is 2. The van der Waals surface area contributed by atoms with Gasteiger partial charge in [-0.15, -0.1) is 0 Å². The van der Waals surface area contributed by atoms with Crippen LogP contribution in [0, 0.1) is 20.8 Å². The van der Waals surface area contributed by atoms with Crippen molar-refractivity contribution in [1.82, 2.24) is 9.78 Å². The Morgan fingerprint density at radius 2 is 1.63 bits per heavy atom. The summed E-state index contributed by atoms with van der Waals surface area (Å²) in [6, 6.07) is 5.20. The standard InChI is InChI=1S/C14H15F3N2/c1-9-10(2)18-19(11(9)3)8-12-4-6-13(7-5-12)14(15,16)17/h4-7H,8H2,1-3H3. The Kier molecular flexibility index (Phi) is 3.39. The molecule has 0 aliphatic rings. The van der Waals surface area contributed by atoms with Gasteiger partial charge in [-0.25, -0.2) is 0 Å². The van der Waals surface area contributed by atoms with E-state index in [1.807, 2.05) is 25.5 Å². The molecule has 0 unspecified atom stereocenters. The van der Waals surface area contributed by atoms with Gasteiger partial charge < -0.3 is 0 Å². The van der Waals surface area contributed by atoms with Gasteiger partial charge in [0.2, 0.25) is 0 Å². The molecule has 2 rings (SSSR count).